The van der Waals surface area contributed by atoms with E-state index in [4.69, 9.17) is 9.47 Å². The number of ether oxygens (including phenoxy) is 2. The Bertz CT molecular complexity index is 456. The van der Waals surface area contributed by atoms with Gasteiger partial charge in [-0.05, 0) is 36.1 Å². The molecule has 0 saturated carbocycles. The van der Waals surface area contributed by atoms with Crippen LogP contribution in [0, 0.1) is 0 Å². The number of unbranched alkanes of at least 4 members (excludes halogenated alkanes) is 1. The largest absolute Gasteiger partial charge is 0.493 e. The first kappa shape index (κ1) is 14.9. The van der Waals surface area contributed by atoms with Crippen LogP contribution in [0.1, 0.15) is 49.8 Å². The molecule has 110 valence electrons. The molecule has 20 heavy (non-hydrogen) atoms. The first-order valence-electron chi connectivity index (χ1n) is 7.30. The van der Waals surface area contributed by atoms with Crippen LogP contribution in [0.3, 0.4) is 0 Å². The molecule has 0 bridgehead atoms. The maximum Gasteiger partial charge on any atom is 0.305 e. The van der Waals surface area contributed by atoms with E-state index < -0.39 is 6.10 Å². The maximum atomic E-state index is 11.5. The number of carbonyl (C=O) groups excluding carboxylic acids is 1. The fourth-order valence-corrected chi connectivity index (χ4v) is 2.24. The van der Waals surface area contributed by atoms with Crippen molar-refractivity contribution in [2.75, 3.05) is 13.2 Å². The van der Waals surface area contributed by atoms with E-state index in [1.54, 1.807) is 0 Å². The number of aliphatic hydroxyl groups excluding tert-OH is 1. The molecule has 1 atom stereocenters. The molecule has 1 unspecified atom stereocenters. The van der Waals surface area contributed by atoms with Crippen LogP contribution in [0.5, 0.6) is 5.75 Å². The summed E-state index contributed by atoms with van der Waals surface area (Å²) in [7, 11) is 0. The second-order valence-electron chi connectivity index (χ2n) is 5.09. The number of benzene rings is 1. The van der Waals surface area contributed by atoms with Crippen molar-refractivity contribution >= 4 is 5.97 Å². The Morgan fingerprint density at radius 2 is 2.35 bits per heavy atom. The molecule has 0 saturated heterocycles. The Balaban J connectivity index is 1.80. The highest BCUT2D eigenvalue weighted by molar-refractivity contribution is 5.69. The van der Waals surface area contributed by atoms with E-state index >= 15 is 0 Å². The molecule has 2 rings (SSSR count). The van der Waals surface area contributed by atoms with Crippen LogP contribution < -0.4 is 4.74 Å². The van der Waals surface area contributed by atoms with Crippen LogP contribution >= 0.6 is 0 Å². The van der Waals surface area contributed by atoms with Crippen molar-refractivity contribution in [1.29, 1.82) is 0 Å². The van der Waals surface area contributed by atoms with Crippen molar-refractivity contribution in [3.05, 3.63) is 29.3 Å². The van der Waals surface area contributed by atoms with E-state index in [0.717, 1.165) is 36.1 Å². The minimum absolute atomic E-state index is 0.234. The third-order valence-electron chi connectivity index (χ3n) is 3.48. The van der Waals surface area contributed by atoms with Gasteiger partial charge in [0.1, 0.15) is 5.75 Å². The molecule has 1 aliphatic heterocycles. The molecular formula is C16H22O4. The van der Waals surface area contributed by atoms with Gasteiger partial charge in [0.05, 0.1) is 19.3 Å². The normalized spacial score (nSPS) is 14.5. The molecule has 0 aliphatic carbocycles. The van der Waals surface area contributed by atoms with Crippen LogP contribution in [0.2, 0.25) is 0 Å². The predicted molar refractivity (Wildman–Crippen MR) is 75.7 cm³/mol. The first-order valence-corrected chi connectivity index (χ1v) is 7.30. The van der Waals surface area contributed by atoms with E-state index in [0.29, 0.717) is 19.6 Å². The van der Waals surface area contributed by atoms with Gasteiger partial charge in [-0.15, -0.1) is 0 Å². The zero-order valence-electron chi connectivity index (χ0n) is 11.9. The van der Waals surface area contributed by atoms with Crippen molar-refractivity contribution in [3.8, 4) is 5.75 Å². The highest BCUT2D eigenvalue weighted by atomic mass is 16.5. The van der Waals surface area contributed by atoms with E-state index in [1.807, 2.05) is 18.2 Å². The van der Waals surface area contributed by atoms with Crippen LogP contribution in [0.25, 0.3) is 0 Å². The van der Waals surface area contributed by atoms with Gasteiger partial charge in [0.25, 0.3) is 0 Å². The smallest absolute Gasteiger partial charge is 0.305 e. The molecule has 1 N–H and O–H groups in total. The lowest BCUT2D eigenvalue weighted by atomic mass is 10.0. The van der Waals surface area contributed by atoms with Crippen LogP contribution in [0.4, 0.5) is 0 Å². The molecule has 1 aromatic carbocycles. The standard InChI is InChI=1S/C16H22O4/c1-2-3-9-20-16(18)7-5-14(17)12-4-6-15-13(11-12)8-10-19-15/h4,6,11,14,17H,2-3,5,7-10H2,1H3. The molecule has 0 spiro atoms. The summed E-state index contributed by atoms with van der Waals surface area (Å²) in [6.07, 6.45) is 2.80. The van der Waals surface area contributed by atoms with Gasteiger partial charge >= 0.3 is 5.97 Å². The second kappa shape index (κ2) is 7.29. The van der Waals surface area contributed by atoms with Crippen LogP contribution in [-0.4, -0.2) is 24.3 Å². The van der Waals surface area contributed by atoms with Crippen molar-refractivity contribution in [2.45, 2.75) is 45.1 Å². The minimum Gasteiger partial charge on any atom is -0.493 e. The summed E-state index contributed by atoms with van der Waals surface area (Å²) in [4.78, 5) is 11.5. The molecular weight excluding hydrogens is 256 g/mol. The van der Waals surface area contributed by atoms with Gasteiger partial charge < -0.3 is 14.6 Å². The van der Waals surface area contributed by atoms with E-state index in [1.165, 1.54) is 0 Å². The Labute approximate surface area is 119 Å². The molecule has 0 amide bonds. The molecule has 0 aromatic heterocycles. The summed E-state index contributed by atoms with van der Waals surface area (Å²) >= 11 is 0. The monoisotopic (exact) mass is 278 g/mol. The highest BCUT2D eigenvalue weighted by Crippen LogP contribution is 2.29. The van der Waals surface area contributed by atoms with Crippen LogP contribution in [0.15, 0.2) is 18.2 Å². The number of rotatable bonds is 7. The van der Waals surface area contributed by atoms with Gasteiger partial charge in [-0.2, -0.15) is 0 Å². The summed E-state index contributed by atoms with van der Waals surface area (Å²) in [5.41, 5.74) is 1.97. The van der Waals surface area contributed by atoms with Gasteiger partial charge in [-0.25, -0.2) is 0 Å². The number of hydrogen-bond donors (Lipinski definition) is 1. The van der Waals surface area contributed by atoms with Crippen molar-refractivity contribution < 1.29 is 19.4 Å². The van der Waals surface area contributed by atoms with Crippen molar-refractivity contribution in [2.24, 2.45) is 0 Å². The summed E-state index contributed by atoms with van der Waals surface area (Å²) in [5, 5.41) is 10.1. The second-order valence-corrected chi connectivity index (χ2v) is 5.09. The molecule has 0 fully saturated rings. The number of hydrogen-bond acceptors (Lipinski definition) is 4. The average molecular weight is 278 g/mol. The lowest BCUT2D eigenvalue weighted by Crippen LogP contribution is -2.08. The van der Waals surface area contributed by atoms with E-state index in [2.05, 4.69) is 6.92 Å². The molecule has 1 heterocycles. The van der Waals surface area contributed by atoms with E-state index in [9.17, 15) is 9.90 Å². The summed E-state index contributed by atoms with van der Waals surface area (Å²) in [6.45, 7) is 3.23. The van der Waals surface area contributed by atoms with Crippen molar-refractivity contribution in [3.63, 3.8) is 0 Å². The average Bonchev–Trinajstić information content (AvgIpc) is 2.92. The highest BCUT2D eigenvalue weighted by Gasteiger charge is 2.16. The third kappa shape index (κ3) is 3.97. The Morgan fingerprint density at radius 1 is 1.50 bits per heavy atom. The Hall–Kier alpha value is -1.55. The zero-order chi connectivity index (χ0) is 14.4. The fraction of sp³-hybridized carbons (Fsp3) is 0.562. The van der Waals surface area contributed by atoms with Gasteiger partial charge in [-0.3, -0.25) is 4.79 Å². The number of esters is 1. The predicted octanol–water partition coefficient (Wildman–Crippen LogP) is 2.78. The Morgan fingerprint density at radius 3 is 3.15 bits per heavy atom. The number of carbonyl (C=O) groups is 1. The third-order valence-corrected chi connectivity index (χ3v) is 3.48. The van der Waals surface area contributed by atoms with Gasteiger partial charge in [0, 0.05) is 12.8 Å². The molecule has 1 aliphatic rings. The fourth-order valence-electron chi connectivity index (χ4n) is 2.24. The van der Waals surface area contributed by atoms with Gasteiger partial charge in [0.15, 0.2) is 0 Å². The summed E-state index contributed by atoms with van der Waals surface area (Å²) in [5.74, 6) is 0.668. The van der Waals surface area contributed by atoms with Crippen LogP contribution in [-0.2, 0) is 16.0 Å². The van der Waals surface area contributed by atoms with E-state index in [-0.39, 0.29) is 12.4 Å². The Kier molecular flexibility index (Phi) is 5.41. The maximum absolute atomic E-state index is 11.5. The number of aliphatic hydroxyl groups is 1. The SMILES string of the molecule is CCCCOC(=O)CCC(O)c1ccc2c(c1)CCO2. The number of fused-ring (bicyclic) bond motifs is 1. The molecule has 0 radical (unpaired) electrons. The van der Waals surface area contributed by atoms with Gasteiger partial charge in [0.2, 0.25) is 0 Å². The summed E-state index contributed by atoms with van der Waals surface area (Å²) in [6, 6.07) is 5.72. The topological polar surface area (TPSA) is 55.8 Å². The lowest BCUT2D eigenvalue weighted by molar-refractivity contribution is -0.144. The lowest BCUT2D eigenvalue weighted by Gasteiger charge is -2.12. The minimum atomic E-state index is -0.625. The first-order chi connectivity index (χ1) is 9.70. The quantitative estimate of drug-likeness (QED) is 0.615. The zero-order valence-corrected chi connectivity index (χ0v) is 11.9. The summed E-state index contributed by atoms with van der Waals surface area (Å²) < 4.78 is 10.5. The molecule has 4 nitrogen and oxygen atoms in total. The molecule has 1 aromatic rings. The molecule has 4 heteroatoms. The van der Waals surface area contributed by atoms with Gasteiger partial charge in [-0.1, -0.05) is 19.4 Å². The van der Waals surface area contributed by atoms with Crippen molar-refractivity contribution in [1.82, 2.24) is 0 Å².